The lowest BCUT2D eigenvalue weighted by Crippen LogP contribution is -2.30. The topological polar surface area (TPSA) is 83.9 Å². The third-order valence-electron chi connectivity index (χ3n) is 5.00. The highest BCUT2D eigenvalue weighted by molar-refractivity contribution is 5.93. The van der Waals surface area contributed by atoms with Crippen molar-refractivity contribution in [2.45, 2.75) is 19.4 Å². The Kier molecular flexibility index (Phi) is 3.51. The molecule has 1 N–H and O–H groups in total. The van der Waals surface area contributed by atoms with Gasteiger partial charge in [-0.25, -0.2) is 9.97 Å². The quantitative estimate of drug-likeness (QED) is 0.593. The van der Waals surface area contributed by atoms with Gasteiger partial charge in [0.2, 0.25) is 0 Å². The van der Waals surface area contributed by atoms with Crippen molar-refractivity contribution in [2.75, 3.05) is 13.1 Å². The predicted octanol–water partition coefficient (Wildman–Crippen LogP) is 2.66. The minimum atomic E-state index is -0.443. The first-order valence-electron chi connectivity index (χ1n) is 8.90. The molecule has 27 heavy (non-hydrogen) atoms. The number of aryl methyl sites for hydroxylation is 1. The summed E-state index contributed by atoms with van der Waals surface area (Å²) in [6.45, 7) is 2.76. The Labute approximate surface area is 154 Å². The van der Waals surface area contributed by atoms with E-state index in [1.165, 1.54) is 0 Å². The Balaban J connectivity index is 1.56. The number of imidazole rings is 1. The molecule has 7 heteroatoms. The van der Waals surface area contributed by atoms with Gasteiger partial charge in [-0.1, -0.05) is 6.07 Å². The average molecular weight is 362 g/mol. The van der Waals surface area contributed by atoms with E-state index < -0.39 is 6.10 Å². The predicted molar refractivity (Wildman–Crippen MR) is 99.5 cm³/mol. The molecule has 1 aliphatic rings. The number of aliphatic hydroxyl groups is 1. The second-order valence-corrected chi connectivity index (χ2v) is 6.90. The molecule has 5 rings (SSSR count). The van der Waals surface area contributed by atoms with Crippen LogP contribution in [0.4, 0.5) is 0 Å². The van der Waals surface area contributed by atoms with Crippen molar-refractivity contribution < 1.29 is 14.3 Å². The number of rotatable bonds is 2. The number of hydrogen-bond donors (Lipinski definition) is 1. The number of carbonyl (C=O) groups excluding carboxylic acids is 1. The molecule has 0 bridgehead atoms. The van der Waals surface area contributed by atoms with Crippen molar-refractivity contribution in [3.05, 3.63) is 54.3 Å². The molecule has 1 saturated heterocycles. The van der Waals surface area contributed by atoms with Crippen LogP contribution in [0, 0.1) is 6.92 Å². The van der Waals surface area contributed by atoms with Gasteiger partial charge in [0, 0.05) is 26.2 Å². The molecule has 1 aromatic carbocycles. The monoisotopic (exact) mass is 362 g/mol. The van der Waals surface area contributed by atoms with Gasteiger partial charge in [0.25, 0.3) is 5.91 Å². The molecule has 0 saturated carbocycles. The van der Waals surface area contributed by atoms with Crippen LogP contribution < -0.4 is 0 Å². The van der Waals surface area contributed by atoms with Gasteiger partial charge in [0.15, 0.2) is 11.5 Å². The van der Waals surface area contributed by atoms with Crippen LogP contribution in [0.5, 0.6) is 0 Å². The van der Waals surface area contributed by atoms with Gasteiger partial charge in [-0.05, 0) is 41.8 Å². The highest BCUT2D eigenvalue weighted by Crippen LogP contribution is 2.26. The first-order valence-corrected chi connectivity index (χ1v) is 8.90. The number of aliphatic hydroxyl groups excluding tert-OH is 1. The smallest absolute Gasteiger partial charge is 0.272 e. The third kappa shape index (κ3) is 2.67. The lowest BCUT2D eigenvalue weighted by atomic mass is 10.1. The van der Waals surface area contributed by atoms with Gasteiger partial charge in [-0.15, -0.1) is 0 Å². The van der Waals surface area contributed by atoms with Crippen LogP contribution in [0.15, 0.2) is 47.1 Å². The van der Waals surface area contributed by atoms with Gasteiger partial charge < -0.3 is 14.4 Å². The second kappa shape index (κ2) is 5.92. The largest absolute Gasteiger partial charge is 0.441 e. The molecule has 136 valence electrons. The van der Waals surface area contributed by atoms with Gasteiger partial charge in [0.05, 0.1) is 12.3 Å². The average Bonchev–Trinajstić information content (AvgIpc) is 3.36. The molecule has 3 aromatic heterocycles. The maximum Gasteiger partial charge on any atom is 0.272 e. The highest BCUT2D eigenvalue weighted by Gasteiger charge is 2.27. The number of fused-ring (bicyclic) bond motifs is 2. The fraction of sp³-hybridized carbons (Fsp3) is 0.250. The molecule has 0 aliphatic carbocycles. The molecule has 1 atom stereocenters. The number of nitrogens with zero attached hydrogens (tertiary/aromatic N) is 4. The van der Waals surface area contributed by atoms with E-state index in [4.69, 9.17) is 4.42 Å². The van der Waals surface area contributed by atoms with Crippen LogP contribution in [-0.4, -0.2) is 49.5 Å². The number of pyridine rings is 1. The number of hydrogen-bond acceptors (Lipinski definition) is 5. The van der Waals surface area contributed by atoms with E-state index in [0.29, 0.717) is 36.7 Å². The van der Waals surface area contributed by atoms with Gasteiger partial charge in [-0.2, -0.15) is 0 Å². The summed E-state index contributed by atoms with van der Waals surface area (Å²) in [6.07, 6.45) is 3.68. The fourth-order valence-electron chi connectivity index (χ4n) is 3.62. The molecule has 4 aromatic rings. The van der Waals surface area contributed by atoms with Crippen molar-refractivity contribution in [1.82, 2.24) is 19.3 Å². The fourth-order valence-corrected chi connectivity index (χ4v) is 3.62. The van der Waals surface area contributed by atoms with E-state index in [0.717, 1.165) is 22.2 Å². The molecular formula is C20H18N4O3. The van der Waals surface area contributed by atoms with Crippen molar-refractivity contribution in [2.24, 2.45) is 0 Å². The van der Waals surface area contributed by atoms with Gasteiger partial charge in [0.1, 0.15) is 16.9 Å². The summed E-state index contributed by atoms with van der Waals surface area (Å²) < 4.78 is 7.34. The summed E-state index contributed by atoms with van der Waals surface area (Å²) in [6, 6.07) is 9.72. The van der Waals surface area contributed by atoms with E-state index in [9.17, 15) is 9.90 Å². The SMILES string of the molecule is Cc1nc2cc(-c3ccc4ncc(C(=O)N5CCC(O)C5)n4c3)ccc2o1. The molecule has 0 spiro atoms. The molecule has 1 aliphatic heterocycles. The Morgan fingerprint density at radius 1 is 1.26 bits per heavy atom. The Morgan fingerprint density at radius 3 is 2.93 bits per heavy atom. The summed E-state index contributed by atoms with van der Waals surface area (Å²) in [5.41, 5.74) is 4.71. The van der Waals surface area contributed by atoms with Crippen LogP contribution in [0.1, 0.15) is 22.8 Å². The van der Waals surface area contributed by atoms with E-state index in [1.54, 1.807) is 15.5 Å². The number of β-amino-alcohol motifs (C(OH)–C–C–N with tert-alkyl or cyclic N) is 1. The van der Waals surface area contributed by atoms with Crippen LogP contribution in [0.25, 0.3) is 27.9 Å². The van der Waals surface area contributed by atoms with Crippen molar-refractivity contribution in [3.63, 3.8) is 0 Å². The summed E-state index contributed by atoms with van der Waals surface area (Å²) in [7, 11) is 0. The first-order chi connectivity index (χ1) is 13.1. The Morgan fingerprint density at radius 2 is 2.11 bits per heavy atom. The number of carbonyl (C=O) groups is 1. The van der Waals surface area contributed by atoms with Crippen LogP contribution >= 0.6 is 0 Å². The Hall–Kier alpha value is -3.19. The molecule has 1 unspecified atom stereocenters. The zero-order valence-electron chi connectivity index (χ0n) is 14.8. The molecule has 7 nitrogen and oxygen atoms in total. The molecule has 1 fully saturated rings. The normalized spacial score (nSPS) is 17.3. The lowest BCUT2D eigenvalue weighted by molar-refractivity contribution is 0.0758. The lowest BCUT2D eigenvalue weighted by Gasteiger charge is -2.15. The zero-order valence-corrected chi connectivity index (χ0v) is 14.8. The van der Waals surface area contributed by atoms with Gasteiger partial charge >= 0.3 is 0 Å². The summed E-state index contributed by atoms with van der Waals surface area (Å²) >= 11 is 0. The second-order valence-electron chi connectivity index (χ2n) is 6.90. The summed E-state index contributed by atoms with van der Waals surface area (Å²) in [5.74, 6) is 0.520. The van der Waals surface area contributed by atoms with E-state index >= 15 is 0 Å². The number of amides is 1. The molecule has 1 amide bonds. The summed E-state index contributed by atoms with van der Waals surface area (Å²) in [5, 5.41) is 9.71. The standard InChI is InChI=1S/C20H18N4O3/c1-12-22-16-8-13(2-4-18(16)27-12)14-3-5-19-21-9-17(24(19)10-14)20(26)23-7-6-15(25)11-23/h2-5,8-10,15,25H,6-7,11H2,1H3. The van der Waals surface area contributed by atoms with E-state index in [1.807, 2.05) is 43.5 Å². The van der Waals surface area contributed by atoms with Crippen LogP contribution in [0.3, 0.4) is 0 Å². The van der Waals surface area contributed by atoms with Crippen LogP contribution in [0.2, 0.25) is 0 Å². The summed E-state index contributed by atoms with van der Waals surface area (Å²) in [4.78, 5) is 23.2. The van der Waals surface area contributed by atoms with Gasteiger partial charge in [-0.3, -0.25) is 9.20 Å². The molecule has 4 heterocycles. The third-order valence-corrected chi connectivity index (χ3v) is 5.00. The van der Waals surface area contributed by atoms with E-state index in [2.05, 4.69) is 9.97 Å². The molecule has 0 radical (unpaired) electrons. The molecular weight excluding hydrogens is 344 g/mol. The number of likely N-dealkylation sites (tertiary alicyclic amines) is 1. The zero-order chi connectivity index (χ0) is 18.5. The number of benzene rings is 1. The minimum Gasteiger partial charge on any atom is -0.441 e. The first kappa shape index (κ1) is 16.0. The minimum absolute atomic E-state index is 0.112. The maximum atomic E-state index is 12.8. The maximum absolute atomic E-state index is 12.8. The van der Waals surface area contributed by atoms with Crippen molar-refractivity contribution >= 4 is 22.7 Å². The highest BCUT2D eigenvalue weighted by atomic mass is 16.3. The van der Waals surface area contributed by atoms with Crippen molar-refractivity contribution in [1.29, 1.82) is 0 Å². The van der Waals surface area contributed by atoms with E-state index in [-0.39, 0.29) is 5.91 Å². The number of aromatic nitrogens is 3. The van der Waals surface area contributed by atoms with Crippen molar-refractivity contribution in [3.8, 4) is 11.1 Å². The Bertz CT molecular complexity index is 1180. The number of oxazole rings is 1. The van der Waals surface area contributed by atoms with Crippen LogP contribution in [-0.2, 0) is 0 Å².